The van der Waals surface area contributed by atoms with Crippen LogP contribution in [0.1, 0.15) is 67.9 Å². The number of rotatable bonds is 2. The normalized spacial score (nSPS) is 27.4. The van der Waals surface area contributed by atoms with Gasteiger partial charge in [-0.3, -0.25) is 19.2 Å². The molecule has 4 rings (SSSR count). The first-order valence-electron chi connectivity index (χ1n) is 14.3. The molecule has 46 heavy (non-hydrogen) atoms. The molecule has 1 aromatic heterocycles. The first-order chi connectivity index (χ1) is 20.9. The number of anilines is 2. The van der Waals surface area contributed by atoms with Gasteiger partial charge in [-0.1, -0.05) is 0 Å². The van der Waals surface area contributed by atoms with Crippen LogP contribution >= 0.6 is 7.60 Å². The summed E-state index contributed by atoms with van der Waals surface area (Å²) in [6.45, 7) is 14.1. The zero-order chi connectivity index (χ0) is 34.8. The molecule has 1 aromatic rings. The lowest BCUT2D eigenvalue weighted by Gasteiger charge is -2.54. The first-order valence-corrected chi connectivity index (χ1v) is 16.0. The van der Waals surface area contributed by atoms with Gasteiger partial charge in [0.05, 0.1) is 11.5 Å². The average Bonchev–Trinajstić information content (AvgIpc) is 2.85. The minimum Gasteiger partial charge on any atom is -0.444 e. The van der Waals surface area contributed by atoms with E-state index >= 15 is 0 Å². The molecule has 4 heterocycles. The third-order valence-corrected chi connectivity index (χ3v) is 8.19. The fourth-order valence-corrected chi connectivity index (χ4v) is 6.04. The van der Waals surface area contributed by atoms with E-state index in [0.717, 1.165) is 12.0 Å². The van der Waals surface area contributed by atoms with Gasteiger partial charge in [0.25, 0.3) is 5.56 Å². The van der Waals surface area contributed by atoms with Crippen molar-refractivity contribution in [3.8, 4) is 0 Å². The predicted molar refractivity (Wildman–Crippen MR) is 157 cm³/mol. The fourth-order valence-electron chi connectivity index (χ4n) is 4.85. The topological polar surface area (TPSA) is 224 Å². The first kappa shape index (κ1) is 35.7. The van der Waals surface area contributed by atoms with Gasteiger partial charge in [0.1, 0.15) is 16.8 Å². The van der Waals surface area contributed by atoms with Crippen LogP contribution in [0.2, 0.25) is 0 Å². The number of ether oxygens (including phenoxy) is 5. The molecule has 2 saturated heterocycles. The maximum Gasteiger partial charge on any atom is 0.424 e. The number of nitrogens with zero attached hydrogens (tertiary/aromatic N) is 3. The molecule has 3 aliphatic rings. The molecule has 0 bridgehead atoms. The van der Waals surface area contributed by atoms with Crippen LogP contribution in [0.4, 0.5) is 26.1 Å². The minimum atomic E-state index is -3.94. The Hall–Kier alpha value is -3.12. The zero-order valence-corrected chi connectivity index (χ0v) is 28.2. The molecular formula is C27H41N4O14P. The van der Waals surface area contributed by atoms with Crippen LogP contribution in [0.5, 0.6) is 0 Å². The highest BCUT2D eigenvalue weighted by Crippen LogP contribution is 2.57. The van der Waals surface area contributed by atoms with Gasteiger partial charge < -0.3 is 38.4 Å². The number of carbonyl (C=O) groups excluding carboxylic acids is 3. The molecule has 19 heteroatoms. The van der Waals surface area contributed by atoms with Crippen LogP contribution < -0.4 is 15.8 Å². The van der Waals surface area contributed by atoms with Gasteiger partial charge >= 0.3 is 25.9 Å². The fraction of sp³-hybridized carbons (Fsp3) is 0.741. The van der Waals surface area contributed by atoms with E-state index in [-0.39, 0.29) is 5.56 Å². The summed E-state index contributed by atoms with van der Waals surface area (Å²) in [6, 6.07) is 0. The van der Waals surface area contributed by atoms with Gasteiger partial charge in [-0.05, 0) is 68.7 Å². The van der Waals surface area contributed by atoms with Crippen LogP contribution in [0.3, 0.4) is 0 Å². The molecular weight excluding hydrogens is 635 g/mol. The molecule has 18 nitrogen and oxygen atoms in total. The third kappa shape index (κ3) is 7.38. The lowest BCUT2D eigenvalue weighted by Crippen LogP contribution is -2.71. The molecule has 1 unspecified atom stereocenters. The number of aliphatic hydroxyl groups is 2. The molecule has 0 aliphatic carbocycles. The molecule has 0 saturated carbocycles. The summed E-state index contributed by atoms with van der Waals surface area (Å²) < 4.78 is 51.3. The van der Waals surface area contributed by atoms with Crippen LogP contribution in [0.25, 0.3) is 0 Å². The second-order valence-electron chi connectivity index (χ2n) is 13.9. The Morgan fingerprint density at radius 1 is 0.978 bits per heavy atom. The number of nitrogens with one attached hydrogen (secondary N) is 1. The molecule has 0 spiro atoms. The summed E-state index contributed by atoms with van der Waals surface area (Å²) in [5.41, 5.74) is -4.70. The molecule has 2 fully saturated rings. The molecule has 258 valence electrons. The number of fused-ring (bicyclic) bond motifs is 3. The minimum absolute atomic E-state index is 0.381. The van der Waals surface area contributed by atoms with E-state index in [1.165, 1.54) is 0 Å². The summed E-state index contributed by atoms with van der Waals surface area (Å²) in [5.74, 6) is -5.66. The predicted octanol–water partition coefficient (Wildman–Crippen LogP) is 2.86. The molecule has 0 radical (unpaired) electrons. The maximum absolute atomic E-state index is 14.1. The zero-order valence-electron chi connectivity index (χ0n) is 27.3. The quantitative estimate of drug-likeness (QED) is 0.233. The van der Waals surface area contributed by atoms with E-state index < -0.39 is 103 Å². The van der Waals surface area contributed by atoms with Crippen molar-refractivity contribution in [2.24, 2.45) is 5.92 Å². The number of hydrogen-bond donors (Lipinski definition) is 3. The van der Waals surface area contributed by atoms with E-state index in [0.29, 0.717) is 4.57 Å². The average molecular weight is 677 g/mol. The Bertz CT molecular complexity index is 1510. The maximum atomic E-state index is 14.1. The van der Waals surface area contributed by atoms with Crippen molar-refractivity contribution in [1.82, 2.24) is 9.55 Å². The summed E-state index contributed by atoms with van der Waals surface area (Å²) >= 11 is 0. The Kier molecular flexibility index (Phi) is 9.20. The monoisotopic (exact) mass is 676 g/mol. The lowest BCUT2D eigenvalue weighted by molar-refractivity contribution is -0.375. The van der Waals surface area contributed by atoms with Gasteiger partial charge in [0, 0.05) is 7.11 Å². The van der Waals surface area contributed by atoms with Gasteiger partial charge in [0.15, 0.2) is 30.8 Å². The Morgan fingerprint density at radius 2 is 1.54 bits per heavy atom. The summed E-state index contributed by atoms with van der Waals surface area (Å²) in [5, 5.41) is 25.2. The highest BCUT2D eigenvalue weighted by molar-refractivity contribution is 7.53. The van der Waals surface area contributed by atoms with Crippen molar-refractivity contribution in [3.05, 3.63) is 15.9 Å². The van der Waals surface area contributed by atoms with Crippen molar-refractivity contribution in [2.75, 3.05) is 23.7 Å². The number of aromatic nitrogens is 2. The van der Waals surface area contributed by atoms with Crippen LogP contribution in [0.15, 0.2) is 4.79 Å². The lowest BCUT2D eigenvalue weighted by atomic mass is 9.81. The van der Waals surface area contributed by atoms with Gasteiger partial charge in [-0.2, -0.15) is 9.55 Å². The van der Waals surface area contributed by atoms with Crippen molar-refractivity contribution in [3.63, 3.8) is 0 Å². The number of amides is 2. The van der Waals surface area contributed by atoms with Crippen LogP contribution in [-0.4, -0.2) is 92.7 Å². The van der Waals surface area contributed by atoms with Crippen molar-refractivity contribution in [2.45, 2.75) is 110 Å². The smallest absolute Gasteiger partial charge is 0.424 e. The molecule has 3 aliphatic heterocycles. The van der Waals surface area contributed by atoms with Gasteiger partial charge in [-0.15, -0.1) is 0 Å². The van der Waals surface area contributed by atoms with E-state index in [2.05, 4.69) is 10.3 Å². The second kappa shape index (κ2) is 11.8. The molecule has 0 aromatic carbocycles. The summed E-state index contributed by atoms with van der Waals surface area (Å²) in [7, 11) is -2.86. The van der Waals surface area contributed by atoms with E-state index in [9.17, 15) is 34.0 Å². The van der Waals surface area contributed by atoms with Crippen molar-refractivity contribution >= 4 is 37.6 Å². The number of hydrogen-bond acceptors (Lipinski definition) is 15. The molecule has 3 N–H and O–H groups in total. The second-order valence-corrected chi connectivity index (χ2v) is 16.0. The van der Waals surface area contributed by atoms with Crippen LogP contribution in [-0.2, 0) is 43.7 Å². The van der Waals surface area contributed by atoms with Gasteiger partial charge in [-0.25, -0.2) is 19.3 Å². The van der Waals surface area contributed by atoms with Crippen molar-refractivity contribution < 1.29 is 61.9 Å². The highest BCUT2D eigenvalue weighted by Gasteiger charge is 2.64. The van der Waals surface area contributed by atoms with E-state index in [1.54, 1.807) is 62.3 Å². The van der Waals surface area contributed by atoms with Crippen molar-refractivity contribution in [1.29, 1.82) is 0 Å². The third-order valence-electron chi connectivity index (χ3n) is 6.62. The number of carbonyl (C=O) groups is 3. The highest BCUT2D eigenvalue weighted by atomic mass is 31.2. The Morgan fingerprint density at radius 3 is 2.09 bits per heavy atom. The summed E-state index contributed by atoms with van der Waals surface area (Å²) in [4.78, 5) is 59.1. The van der Waals surface area contributed by atoms with E-state index in [4.69, 9.17) is 32.7 Å². The summed E-state index contributed by atoms with van der Waals surface area (Å²) in [6.07, 6.45) is -9.67. The standard InChI is InChI=1S/C27H41N4O14P/c1-24(2,3)42-21(33)29-20-28-16-13(17(32)31(20)23(35)44-26(7,8)9)11-14-18(30(16)22(34)43-25(4,5)6)41-19-15(27(14,36)37)45-46(38,39-10)12-40-19/h14-15,18-19,36-37H,11-12H2,1-10H3,(H,28,29,33)/t14-,15+,18-,19+,46?/m1/s1. The molecule has 2 amide bonds. The Balaban J connectivity index is 1.93. The Labute approximate surface area is 264 Å². The molecule has 5 atom stereocenters. The largest absolute Gasteiger partial charge is 0.444 e. The SMILES string of the molecule is COP1(=O)CO[C@H]2O[C@@H]3[C@@H](Cc4c(nc(NC(=O)OC(C)(C)C)n(C(=O)OC(C)(C)C)c4=O)N3C(=O)OC(C)(C)C)C(O)(O)[C@H]2O1. The van der Waals surface area contributed by atoms with Gasteiger partial charge in [0.2, 0.25) is 11.7 Å². The van der Waals surface area contributed by atoms with E-state index in [1.807, 2.05) is 0 Å². The van der Waals surface area contributed by atoms with Crippen LogP contribution in [0, 0.1) is 5.92 Å².